The van der Waals surface area contributed by atoms with Crippen molar-refractivity contribution in [3.63, 3.8) is 0 Å². The highest BCUT2D eigenvalue weighted by molar-refractivity contribution is 5.97. The second-order valence-electron chi connectivity index (χ2n) is 5.92. The number of hydrogen-bond acceptors (Lipinski definition) is 3. The van der Waals surface area contributed by atoms with E-state index < -0.39 is 5.92 Å². The molecule has 4 nitrogen and oxygen atoms in total. The minimum atomic E-state index is -2.50. The highest BCUT2D eigenvalue weighted by atomic mass is 19.3. The Morgan fingerprint density at radius 2 is 2.00 bits per heavy atom. The van der Waals surface area contributed by atoms with Gasteiger partial charge in [-0.2, -0.15) is 0 Å². The second kappa shape index (κ2) is 6.20. The number of carbonyl (C=O) groups excluding carboxylic acids is 1. The Morgan fingerprint density at radius 1 is 1.27 bits per heavy atom. The van der Waals surface area contributed by atoms with E-state index in [4.69, 9.17) is 4.74 Å². The van der Waals surface area contributed by atoms with Crippen LogP contribution in [0.4, 0.5) is 8.78 Å². The summed E-state index contributed by atoms with van der Waals surface area (Å²) in [5, 5.41) is 2.82. The van der Waals surface area contributed by atoms with Crippen LogP contribution >= 0.6 is 0 Å². The molecule has 1 atom stereocenters. The van der Waals surface area contributed by atoms with Crippen molar-refractivity contribution in [2.45, 2.75) is 37.8 Å². The molecule has 1 fully saturated rings. The molecule has 22 heavy (non-hydrogen) atoms. The van der Waals surface area contributed by atoms with Crippen LogP contribution in [0.2, 0.25) is 0 Å². The van der Waals surface area contributed by atoms with Gasteiger partial charge in [-0.15, -0.1) is 0 Å². The molecule has 1 amide bonds. The van der Waals surface area contributed by atoms with Gasteiger partial charge in [0, 0.05) is 32.4 Å². The third-order valence-corrected chi connectivity index (χ3v) is 4.22. The van der Waals surface area contributed by atoms with Gasteiger partial charge in [-0.25, -0.2) is 8.78 Å². The monoisotopic (exact) mass is 310 g/mol. The summed E-state index contributed by atoms with van der Waals surface area (Å²) in [6, 6.07) is 7.15. The number of para-hydroxylation sites is 1. The number of benzene rings is 1. The molecule has 1 saturated heterocycles. The first-order valence-corrected chi connectivity index (χ1v) is 7.70. The van der Waals surface area contributed by atoms with Crippen LogP contribution in [0, 0.1) is 0 Å². The highest BCUT2D eigenvalue weighted by Gasteiger charge is 2.33. The minimum absolute atomic E-state index is 0.0585. The van der Waals surface area contributed by atoms with Crippen molar-refractivity contribution < 1.29 is 18.3 Å². The Morgan fingerprint density at radius 3 is 2.77 bits per heavy atom. The molecule has 1 aromatic rings. The fourth-order valence-electron chi connectivity index (χ4n) is 2.90. The number of alkyl halides is 2. The number of nitrogens with zero attached hydrogens (tertiary/aromatic N) is 1. The molecule has 6 heteroatoms. The first-order chi connectivity index (χ1) is 10.5. The number of amides is 1. The number of nitrogens with one attached hydrogen (secondary N) is 1. The van der Waals surface area contributed by atoms with Crippen molar-refractivity contribution in [1.82, 2.24) is 10.2 Å². The fourth-order valence-corrected chi connectivity index (χ4v) is 2.90. The van der Waals surface area contributed by atoms with Gasteiger partial charge in [0.2, 0.25) is 0 Å². The van der Waals surface area contributed by atoms with Gasteiger partial charge in [0.15, 0.2) is 6.23 Å². The van der Waals surface area contributed by atoms with Crippen LogP contribution in [-0.4, -0.2) is 42.6 Å². The maximum atomic E-state index is 13.1. The third-order valence-electron chi connectivity index (χ3n) is 4.22. The van der Waals surface area contributed by atoms with E-state index in [0.717, 1.165) is 13.0 Å². The average Bonchev–Trinajstić information content (AvgIpc) is 2.49. The van der Waals surface area contributed by atoms with Crippen molar-refractivity contribution in [3.8, 4) is 5.75 Å². The summed E-state index contributed by atoms with van der Waals surface area (Å²) in [7, 11) is 0. The summed E-state index contributed by atoms with van der Waals surface area (Å²) in [6.45, 7) is 1.63. The van der Waals surface area contributed by atoms with Gasteiger partial charge in [0.05, 0.1) is 5.56 Å². The van der Waals surface area contributed by atoms with Crippen LogP contribution in [0.1, 0.15) is 36.0 Å². The minimum Gasteiger partial charge on any atom is -0.470 e. The van der Waals surface area contributed by atoms with E-state index in [0.29, 0.717) is 30.8 Å². The van der Waals surface area contributed by atoms with E-state index in [1.165, 1.54) is 0 Å². The molecule has 1 N–H and O–H groups in total. The van der Waals surface area contributed by atoms with Gasteiger partial charge in [0.25, 0.3) is 11.8 Å². The molecular weight excluding hydrogens is 290 g/mol. The lowest BCUT2D eigenvalue weighted by Gasteiger charge is -2.32. The zero-order valence-corrected chi connectivity index (χ0v) is 12.4. The van der Waals surface area contributed by atoms with Crippen molar-refractivity contribution in [1.29, 1.82) is 0 Å². The number of halogens is 2. The summed E-state index contributed by atoms with van der Waals surface area (Å²) in [5.41, 5.74) is 0.553. The summed E-state index contributed by atoms with van der Waals surface area (Å²) in [5.74, 6) is -2.01. The van der Waals surface area contributed by atoms with Crippen molar-refractivity contribution in [3.05, 3.63) is 29.8 Å². The Hall–Kier alpha value is -1.69. The summed E-state index contributed by atoms with van der Waals surface area (Å²) < 4.78 is 31.9. The first kappa shape index (κ1) is 15.2. The predicted molar refractivity (Wildman–Crippen MR) is 78.2 cm³/mol. The number of likely N-dealkylation sites (tertiary alicyclic amines) is 1. The molecule has 2 aliphatic rings. The van der Waals surface area contributed by atoms with Crippen LogP contribution in [0.3, 0.4) is 0 Å². The van der Waals surface area contributed by atoms with E-state index in [9.17, 15) is 13.6 Å². The van der Waals surface area contributed by atoms with Gasteiger partial charge >= 0.3 is 0 Å². The lowest BCUT2D eigenvalue weighted by atomic mass is 10.1. The van der Waals surface area contributed by atoms with Crippen molar-refractivity contribution in [2.75, 3.05) is 19.6 Å². The molecule has 0 aliphatic carbocycles. The van der Waals surface area contributed by atoms with E-state index in [2.05, 4.69) is 10.2 Å². The largest absolute Gasteiger partial charge is 0.470 e. The van der Waals surface area contributed by atoms with Crippen LogP contribution < -0.4 is 10.1 Å². The highest BCUT2D eigenvalue weighted by Crippen LogP contribution is 2.28. The molecule has 1 unspecified atom stereocenters. The maximum absolute atomic E-state index is 13.1. The number of carbonyl (C=O) groups is 1. The zero-order chi connectivity index (χ0) is 15.6. The maximum Gasteiger partial charge on any atom is 0.257 e. The Kier molecular flexibility index (Phi) is 4.29. The van der Waals surface area contributed by atoms with Crippen LogP contribution in [0.5, 0.6) is 5.75 Å². The molecule has 0 radical (unpaired) electrons. The predicted octanol–water partition coefficient (Wildman–Crippen LogP) is 2.65. The van der Waals surface area contributed by atoms with Gasteiger partial charge in [-0.05, 0) is 25.1 Å². The van der Waals surface area contributed by atoms with E-state index >= 15 is 0 Å². The Bertz CT molecular complexity index is 541. The Balaban J connectivity index is 1.45. The number of fused-ring (bicyclic) bond motifs is 1. The fraction of sp³-hybridized carbons (Fsp3) is 0.562. The van der Waals surface area contributed by atoms with Gasteiger partial charge in [-0.1, -0.05) is 12.1 Å². The third kappa shape index (κ3) is 3.55. The van der Waals surface area contributed by atoms with E-state index in [1.54, 1.807) is 18.2 Å². The SMILES string of the molecule is O=C1NC(CCCN2CCC(F)(F)CC2)Oc2ccccc21. The van der Waals surface area contributed by atoms with Crippen molar-refractivity contribution in [2.24, 2.45) is 0 Å². The quantitative estimate of drug-likeness (QED) is 0.929. The van der Waals surface area contributed by atoms with Crippen LogP contribution in [0.15, 0.2) is 24.3 Å². The summed E-state index contributed by atoms with van der Waals surface area (Å²) >= 11 is 0. The average molecular weight is 310 g/mol. The molecule has 3 rings (SSSR count). The van der Waals surface area contributed by atoms with Gasteiger partial charge in [-0.3, -0.25) is 4.79 Å². The lowest BCUT2D eigenvalue weighted by Crippen LogP contribution is -2.44. The molecule has 0 spiro atoms. The van der Waals surface area contributed by atoms with E-state index in [1.807, 2.05) is 6.07 Å². The van der Waals surface area contributed by atoms with Crippen molar-refractivity contribution >= 4 is 5.91 Å². The van der Waals surface area contributed by atoms with Crippen LogP contribution in [-0.2, 0) is 0 Å². The topological polar surface area (TPSA) is 41.6 Å². The van der Waals surface area contributed by atoms with Crippen LogP contribution in [0.25, 0.3) is 0 Å². The standard InChI is InChI=1S/C16H20F2N2O2/c17-16(18)7-10-20(11-8-16)9-3-6-14-19-15(21)12-4-1-2-5-13(12)22-14/h1-2,4-5,14H,3,6-11H2,(H,19,21). The first-order valence-electron chi connectivity index (χ1n) is 7.70. The zero-order valence-electron chi connectivity index (χ0n) is 12.4. The van der Waals surface area contributed by atoms with Gasteiger partial charge in [0.1, 0.15) is 5.75 Å². The number of rotatable bonds is 4. The number of ether oxygens (including phenoxy) is 1. The molecule has 0 bridgehead atoms. The summed E-state index contributed by atoms with van der Waals surface area (Å²) in [6.07, 6.45) is 1.02. The molecular formula is C16H20F2N2O2. The smallest absolute Gasteiger partial charge is 0.257 e. The molecule has 0 saturated carbocycles. The molecule has 2 heterocycles. The molecule has 2 aliphatic heterocycles. The summed E-state index contributed by atoms with van der Waals surface area (Å²) in [4.78, 5) is 14.0. The second-order valence-corrected chi connectivity index (χ2v) is 5.92. The van der Waals surface area contributed by atoms with Gasteiger partial charge < -0.3 is 15.0 Å². The number of piperidine rings is 1. The van der Waals surface area contributed by atoms with E-state index in [-0.39, 0.29) is 25.0 Å². The Labute approximate surface area is 128 Å². The molecule has 120 valence electrons. The normalized spacial score (nSPS) is 24.3. The molecule has 1 aromatic carbocycles. The number of hydrogen-bond donors (Lipinski definition) is 1. The lowest BCUT2D eigenvalue weighted by molar-refractivity contribution is -0.0556. The molecule has 0 aromatic heterocycles.